The summed E-state index contributed by atoms with van der Waals surface area (Å²) in [5, 5.41) is 0. The summed E-state index contributed by atoms with van der Waals surface area (Å²) >= 11 is 0. The molecule has 3 nitrogen and oxygen atoms in total. The first-order chi connectivity index (χ1) is 7.99. The molecule has 0 saturated heterocycles. The van der Waals surface area contributed by atoms with E-state index in [1.807, 2.05) is 0 Å². The third kappa shape index (κ3) is 2.99. The molecule has 17 heavy (non-hydrogen) atoms. The number of halogens is 2. The number of nitrogens with zero attached hydrogens (tertiary/aromatic N) is 1. The lowest BCUT2D eigenvalue weighted by Gasteiger charge is -2.15. The van der Waals surface area contributed by atoms with Gasteiger partial charge in [0.2, 0.25) is 0 Å². The van der Waals surface area contributed by atoms with Gasteiger partial charge >= 0.3 is 11.9 Å². The first-order valence-corrected chi connectivity index (χ1v) is 5.46. The van der Waals surface area contributed by atoms with Crippen LogP contribution in [0.2, 0.25) is 0 Å². The SMILES string of the molecule is CC(=O)OCC(F)(F)c1ccc(C2CC2)cn1. The molecule has 92 valence electrons. The maximum absolute atomic E-state index is 13.5. The van der Waals surface area contributed by atoms with Crippen LogP contribution in [0.1, 0.15) is 36.9 Å². The number of rotatable bonds is 4. The maximum Gasteiger partial charge on any atom is 0.322 e. The van der Waals surface area contributed by atoms with E-state index >= 15 is 0 Å². The second kappa shape index (κ2) is 4.39. The van der Waals surface area contributed by atoms with Crippen LogP contribution in [0.15, 0.2) is 18.3 Å². The standard InChI is InChI=1S/C12H13F2NO2/c1-8(16)17-7-12(13,14)11-5-4-10(6-15-11)9-2-3-9/h4-6,9H,2-3,7H2,1H3. The van der Waals surface area contributed by atoms with Crippen LogP contribution in [0.4, 0.5) is 8.78 Å². The molecule has 1 aromatic heterocycles. The van der Waals surface area contributed by atoms with Crippen LogP contribution in [0.3, 0.4) is 0 Å². The summed E-state index contributed by atoms with van der Waals surface area (Å²) in [6.07, 6.45) is 3.68. The maximum atomic E-state index is 13.5. The molecule has 0 amide bonds. The van der Waals surface area contributed by atoms with Crippen molar-refractivity contribution in [3.05, 3.63) is 29.6 Å². The van der Waals surface area contributed by atoms with E-state index in [0.29, 0.717) is 5.92 Å². The van der Waals surface area contributed by atoms with E-state index in [9.17, 15) is 13.6 Å². The lowest BCUT2D eigenvalue weighted by atomic mass is 10.1. The number of aromatic nitrogens is 1. The molecule has 0 aromatic carbocycles. The van der Waals surface area contributed by atoms with Crippen LogP contribution >= 0.6 is 0 Å². The molecule has 0 unspecified atom stereocenters. The second-order valence-electron chi connectivity index (χ2n) is 4.24. The Morgan fingerprint density at radius 2 is 2.24 bits per heavy atom. The Balaban J connectivity index is 2.06. The molecule has 1 aromatic rings. The molecule has 0 atom stereocenters. The van der Waals surface area contributed by atoms with Gasteiger partial charge in [0.1, 0.15) is 5.69 Å². The molecular weight excluding hydrogens is 228 g/mol. The number of carbonyl (C=O) groups excluding carboxylic acids is 1. The van der Waals surface area contributed by atoms with Crippen molar-refractivity contribution in [2.24, 2.45) is 0 Å². The van der Waals surface area contributed by atoms with Gasteiger partial charge in [0.25, 0.3) is 0 Å². The van der Waals surface area contributed by atoms with Gasteiger partial charge in [-0.25, -0.2) is 0 Å². The second-order valence-corrected chi connectivity index (χ2v) is 4.24. The van der Waals surface area contributed by atoms with Gasteiger partial charge in [-0.2, -0.15) is 8.78 Å². The van der Waals surface area contributed by atoms with E-state index in [-0.39, 0.29) is 5.69 Å². The van der Waals surface area contributed by atoms with Gasteiger partial charge in [0.05, 0.1) is 0 Å². The first kappa shape index (κ1) is 12.0. The van der Waals surface area contributed by atoms with E-state index in [1.54, 1.807) is 6.07 Å². The predicted molar refractivity (Wildman–Crippen MR) is 56.7 cm³/mol. The number of esters is 1. The largest absolute Gasteiger partial charge is 0.459 e. The fourth-order valence-electron chi connectivity index (χ4n) is 1.55. The van der Waals surface area contributed by atoms with Crippen molar-refractivity contribution >= 4 is 5.97 Å². The molecular formula is C12H13F2NO2. The van der Waals surface area contributed by atoms with Gasteiger partial charge in [0, 0.05) is 13.1 Å². The molecule has 1 saturated carbocycles. The molecule has 1 heterocycles. The smallest absolute Gasteiger partial charge is 0.322 e. The van der Waals surface area contributed by atoms with Crippen molar-refractivity contribution in [2.45, 2.75) is 31.6 Å². The molecule has 5 heteroatoms. The number of pyridine rings is 1. The molecule has 1 fully saturated rings. The van der Waals surface area contributed by atoms with Crippen molar-refractivity contribution in [2.75, 3.05) is 6.61 Å². The quantitative estimate of drug-likeness (QED) is 0.760. The van der Waals surface area contributed by atoms with Gasteiger partial charge in [-0.1, -0.05) is 6.07 Å². The lowest BCUT2D eigenvalue weighted by Crippen LogP contribution is -2.23. The summed E-state index contributed by atoms with van der Waals surface area (Å²) in [6.45, 7) is 0.137. The molecule has 2 rings (SSSR count). The average molecular weight is 241 g/mol. The van der Waals surface area contributed by atoms with Gasteiger partial charge in [0.15, 0.2) is 6.61 Å². The van der Waals surface area contributed by atoms with E-state index < -0.39 is 18.5 Å². The third-order valence-corrected chi connectivity index (χ3v) is 2.67. The Hall–Kier alpha value is -1.52. The molecule has 0 bridgehead atoms. The lowest BCUT2D eigenvalue weighted by molar-refractivity contribution is -0.154. The zero-order chi connectivity index (χ0) is 12.5. The number of alkyl halides is 2. The van der Waals surface area contributed by atoms with Crippen molar-refractivity contribution < 1.29 is 18.3 Å². The van der Waals surface area contributed by atoms with E-state index in [0.717, 1.165) is 25.3 Å². The van der Waals surface area contributed by atoms with Crippen molar-refractivity contribution in [1.82, 2.24) is 4.98 Å². The Morgan fingerprint density at radius 3 is 2.71 bits per heavy atom. The van der Waals surface area contributed by atoms with E-state index in [4.69, 9.17) is 0 Å². The topological polar surface area (TPSA) is 39.2 Å². The van der Waals surface area contributed by atoms with Crippen LogP contribution in [0.5, 0.6) is 0 Å². The molecule has 1 aliphatic carbocycles. The summed E-state index contributed by atoms with van der Waals surface area (Å²) in [7, 11) is 0. The van der Waals surface area contributed by atoms with Gasteiger partial charge in [-0.05, 0) is 30.4 Å². The summed E-state index contributed by atoms with van der Waals surface area (Å²) in [5.41, 5.74) is 0.639. The highest BCUT2D eigenvalue weighted by molar-refractivity contribution is 5.65. The zero-order valence-corrected chi connectivity index (χ0v) is 9.45. The molecule has 0 radical (unpaired) electrons. The van der Waals surface area contributed by atoms with Crippen LogP contribution in [-0.2, 0) is 15.5 Å². The van der Waals surface area contributed by atoms with Crippen molar-refractivity contribution in [1.29, 1.82) is 0 Å². The van der Waals surface area contributed by atoms with Crippen molar-refractivity contribution in [3.8, 4) is 0 Å². The number of hydrogen-bond donors (Lipinski definition) is 0. The normalized spacial score (nSPS) is 15.7. The average Bonchev–Trinajstić information content (AvgIpc) is 3.11. The number of carbonyl (C=O) groups is 1. The molecule has 1 aliphatic rings. The Bertz CT molecular complexity index is 413. The minimum absolute atomic E-state index is 0.358. The number of hydrogen-bond acceptors (Lipinski definition) is 3. The summed E-state index contributed by atoms with van der Waals surface area (Å²) in [6, 6.07) is 2.97. The number of ether oxygens (including phenoxy) is 1. The van der Waals surface area contributed by atoms with Crippen LogP contribution in [0, 0.1) is 0 Å². The minimum atomic E-state index is -3.23. The van der Waals surface area contributed by atoms with Gasteiger partial charge in [-0.3, -0.25) is 9.78 Å². The fourth-order valence-corrected chi connectivity index (χ4v) is 1.55. The summed E-state index contributed by atoms with van der Waals surface area (Å²) < 4.78 is 31.4. The van der Waals surface area contributed by atoms with Crippen LogP contribution in [-0.4, -0.2) is 17.6 Å². The Labute approximate surface area is 97.8 Å². The third-order valence-electron chi connectivity index (χ3n) is 2.67. The van der Waals surface area contributed by atoms with Crippen molar-refractivity contribution in [3.63, 3.8) is 0 Å². The molecule has 0 spiro atoms. The van der Waals surface area contributed by atoms with E-state index in [2.05, 4.69) is 9.72 Å². The summed E-state index contributed by atoms with van der Waals surface area (Å²) in [4.78, 5) is 14.2. The highest BCUT2D eigenvalue weighted by Crippen LogP contribution is 2.40. The first-order valence-electron chi connectivity index (χ1n) is 5.46. The summed E-state index contributed by atoms with van der Waals surface area (Å²) in [5.74, 6) is -3.47. The minimum Gasteiger partial charge on any atom is -0.459 e. The zero-order valence-electron chi connectivity index (χ0n) is 9.45. The predicted octanol–water partition coefficient (Wildman–Crippen LogP) is 2.61. The monoisotopic (exact) mass is 241 g/mol. The Kier molecular flexibility index (Phi) is 3.09. The van der Waals surface area contributed by atoms with Gasteiger partial charge < -0.3 is 4.74 Å². The van der Waals surface area contributed by atoms with Crippen LogP contribution in [0.25, 0.3) is 0 Å². The highest BCUT2D eigenvalue weighted by Gasteiger charge is 2.35. The fraction of sp³-hybridized carbons (Fsp3) is 0.500. The molecule has 0 N–H and O–H groups in total. The van der Waals surface area contributed by atoms with E-state index in [1.165, 1.54) is 12.3 Å². The molecule has 0 aliphatic heterocycles. The highest BCUT2D eigenvalue weighted by atomic mass is 19.3. The van der Waals surface area contributed by atoms with Gasteiger partial charge in [-0.15, -0.1) is 0 Å². The van der Waals surface area contributed by atoms with Crippen LogP contribution < -0.4 is 0 Å². The Morgan fingerprint density at radius 1 is 1.53 bits per heavy atom.